The van der Waals surface area contributed by atoms with Crippen LogP contribution in [0.4, 0.5) is 5.69 Å². The summed E-state index contributed by atoms with van der Waals surface area (Å²) in [4.78, 5) is 31.0. The Kier molecular flexibility index (Phi) is 8.86. The number of nitrogens with two attached hydrogens (primary N) is 1. The first-order valence-electron chi connectivity index (χ1n) is 11.0. The minimum absolute atomic E-state index is 0.118. The first-order chi connectivity index (χ1) is 16.4. The largest absolute Gasteiger partial charge is 0.478 e. The fourth-order valence-corrected chi connectivity index (χ4v) is 4.01. The summed E-state index contributed by atoms with van der Waals surface area (Å²) in [5.74, 6) is -1.76. The van der Waals surface area contributed by atoms with E-state index in [2.05, 4.69) is 28.2 Å². The van der Waals surface area contributed by atoms with Crippen molar-refractivity contribution in [1.29, 1.82) is 0 Å². The highest BCUT2D eigenvalue weighted by atomic mass is 16.5. The first-order valence-corrected chi connectivity index (χ1v) is 11.0. The molecule has 0 bridgehead atoms. The number of nitrogens with one attached hydrogen (secondary N) is 1. The molecule has 0 saturated carbocycles. The molecular formula is C24H29N5O5. The Labute approximate surface area is 197 Å². The number of piperazine rings is 1. The van der Waals surface area contributed by atoms with E-state index in [1.807, 2.05) is 42.6 Å². The second kappa shape index (κ2) is 12.0. The number of para-hydroxylation sites is 2. The van der Waals surface area contributed by atoms with Crippen LogP contribution >= 0.6 is 0 Å². The number of hydrogen-bond acceptors (Lipinski definition) is 8. The van der Waals surface area contributed by atoms with E-state index in [0.717, 1.165) is 48.9 Å². The van der Waals surface area contributed by atoms with Gasteiger partial charge in [0.1, 0.15) is 11.4 Å². The van der Waals surface area contributed by atoms with Gasteiger partial charge in [0.05, 0.1) is 23.5 Å². The van der Waals surface area contributed by atoms with Crippen LogP contribution in [0.15, 0.2) is 65.8 Å². The lowest BCUT2D eigenvalue weighted by molar-refractivity contribution is -0.134. The highest BCUT2D eigenvalue weighted by Crippen LogP contribution is 2.34. The number of pyridine rings is 1. The minimum Gasteiger partial charge on any atom is -0.478 e. The predicted molar refractivity (Wildman–Crippen MR) is 127 cm³/mol. The molecule has 2 aliphatic rings. The van der Waals surface area contributed by atoms with Gasteiger partial charge in [0.25, 0.3) is 0 Å². The van der Waals surface area contributed by atoms with Crippen molar-refractivity contribution in [1.82, 2.24) is 15.2 Å². The van der Waals surface area contributed by atoms with Crippen LogP contribution in [0.3, 0.4) is 0 Å². The number of ether oxygens (including phenoxy) is 1. The summed E-state index contributed by atoms with van der Waals surface area (Å²) in [6.45, 7) is 4.92. The zero-order valence-corrected chi connectivity index (χ0v) is 18.9. The van der Waals surface area contributed by atoms with Gasteiger partial charge >= 0.3 is 11.9 Å². The van der Waals surface area contributed by atoms with E-state index in [1.165, 1.54) is 0 Å². The zero-order valence-electron chi connectivity index (χ0n) is 18.9. The van der Waals surface area contributed by atoms with Crippen LogP contribution in [0.2, 0.25) is 0 Å². The summed E-state index contributed by atoms with van der Waals surface area (Å²) in [6.07, 6.45) is 3.37. The number of aliphatic carboxylic acids is 2. The van der Waals surface area contributed by atoms with Gasteiger partial charge in [-0.2, -0.15) is 0 Å². The number of carboxylic acid groups (broad SMARTS) is 2. The van der Waals surface area contributed by atoms with Crippen LogP contribution in [0.25, 0.3) is 0 Å². The van der Waals surface area contributed by atoms with Gasteiger partial charge in [-0.15, -0.1) is 0 Å². The number of benzene rings is 1. The van der Waals surface area contributed by atoms with Crippen molar-refractivity contribution in [3.05, 3.63) is 66.5 Å². The average Bonchev–Trinajstić information content (AvgIpc) is 2.85. The van der Waals surface area contributed by atoms with Crippen LogP contribution in [-0.4, -0.2) is 69.7 Å². The SMILES string of the molecule is CCC(C1=Nc2ccccc2OC1N)N1CCNCC1c1ccccn1.O=C(O)C=CC(=O)O. The Morgan fingerprint density at radius 1 is 1.21 bits per heavy atom. The molecule has 4 rings (SSSR count). The third kappa shape index (κ3) is 6.47. The van der Waals surface area contributed by atoms with Crippen LogP contribution in [0, 0.1) is 0 Å². The number of carboxylic acids is 2. The smallest absolute Gasteiger partial charge is 0.328 e. The van der Waals surface area contributed by atoms with E-state index in [0.29, 0.717) is 12.2 Å². The molecule has 5 N–H and O–H groups in total. The molecule has 10 heteroatoms. The normalized spacial score (nSPS) is 20.8. The third-order valence-electron chi connectivity index (χ3n) is 5.47. The van der Waals surface area contributed by atoms with Crippen molar-refractivity contribution >= 4 is 23.3 Å². The maximum atomic E-state index is 9.55. The molecule has 1 fully saturated rings. The van der Waals surface area contributed by atoms with Crippen LogP contribution in [0.5, 0.6) is 5.75 Å². The Balaban J connectivity index is 0.000000350. The molecule has 34 heavy (non-hydrogen) atoms. The van der Waals surface area contributed by atoms with Crippen molar-refractivity contribution in [2.75, 3.05) is 19.6 Å². The van der Waals surface area contributed by atoms with Crippen molar-refractivity contribution < 1.29 is 24.5 Å². The first kappa shape index (κ1) is 25.0. The Morgan fingerprint density at radius 3 is 2.56 bits per heavy atom. The molecule has 0 radical (unpaired) electrons. The number of hydrogen-bond donors (Lipinski definition) is 4. The quantitative estimate of drug-likeness (QED) is 0.467. The van der Waals surface area contributed by atoms with Gasteiger partial charge in [0.15, 0.2) is 6.23 Å². The minimum atomic E-state index is -1.26. The van der Waals surface area contributed by atoms with Gasteiger partial charge in [-0.25, -0.2) is 14.6 Å². The average molecular weight is 468 g/mol. The molecule has 3 heterocycles. The summed E-state index contributed by atoms with van der Waals surface area (Å²) in [5, 5.41) is 19.1. The molecule has 180 valence electrons. The highest BCUT2D eigenvalue weighted by Gasteiger charge is 2.36. The summed E-state index contributed by atoms with van der Waals surface area (Å²) in [6, 6.07) is 14.2. The molecule has 2 aromatic rings. The second-order valence-electron chi connectivity index (χ2n) is 7.69. The van der Waals surface area contributed by atoms with Crippen molar-refractivity contribution in [3.63, 3.8) is 0 Å². The topological polar surface area (TPSA) is 150 Å². The monoisotopic (exact) mass is 467 g/mol. The van der Waals surface area contributed by atoms with Gasteiger partial charge in [-0.3, -0.25) is 15.6 Å². The van der Waals surface area contributed by atoms with Gasteiger partial charge in [0, 0.05) is 38.0 Å². The molecule has 3 atom stereocenters. The van der Waals surface area contributed by atoms with Crippen molar-refractivity contribution in [2.45, 2.75) is 31.7 Å². The lowest BCUT2D eigenvalue weighted by Crippen LogP contribution is -2.57. The molecule has 3 unspecified atom stereocenters. The van der Waals surface area contributed by atoms with E-state index in [1.54, 1.807) is 0 Å². The number of rotatable bonds is 6. The lowest BCUT2D eigenvalue weighted by Gasteiger charge is -2.42. The third-order valence-corrected chi connectivity index (χ3v) is 5.47. The maximum absolute atomic E-state index is 9.55. The van der Waals surface area contributed by atoms with Crippen molar-refractivity contribution in [2.24, 2.45) is 10.7 Å². The van der Waals surface area contributed by atoms with E-state index in [-0.39, 0.29) is 12.1 Å². The fourth-order valence-electron chi connectivity index (χ4n) is 4.01. The van der Waals surface area contributed by atoms with Gasteiger partial charge < -0.3 is 20.3 Å². The predicted octanol–water partition coefficient (Wildman–Crippen LogP) is 1.97. The molecule has 0 amide bonds. The Hall–Kier alpha value is -3.60. The molecule has 2 aliphatic heterocycles. The summed E-state index contributed by atoms with van der Waals surface area (Å²) in [7, 11) is 0. The lowest BCUT2D eigenvalue weighted by atomic mass is 9.99. The Morgan fingerprint density at radius 2 is 1.91 bits per heavy atom. The van der Waals surface area contributed by atoms with E-state index < -0.39 is 18.2 Å². The Bertz CT molecular complexity index is 1030. The van der Waals surface area contributed by atoms with E-state index in [9.17, 15) is 9.59 Å². The summed E-state index contributed by atoms with van der Waals surface area (Å²) < 4.78 is 5.95. The summed E-state index contributed by atoms with van der Waals surface area (Å²) in [5.41, 5.74) is 9.17. The number of carbonyl (C=O) groups is 2. The zero-order chi connectivity index (χ0) is 24.5. The molecule has 10 nitrogen and oxygen atoms in total. The van der Waals surface area contributed by atoms with Gasteiger partial charge in [0.2, 0.25) is 0 Å². The van der Waals surface area contributed by atoms with Gasteiger partial charge in [-0.05, 0) is 30.7 Å². The molecule has 0 aliphatic carbocycles. The number of aromatic nitrogens is 1. The summed E-state index contributed by atoms with van der Waals surface area (Å²) >= 11 is 0. The number of nitrogens with zero attached hydrogens (tertiary/aromatic N) is 3. The molecule has 1 aromatic heterocycles. The van der Waals surface area contributed by atoms with Crippen LogP contribution in [-0.2, 0) is 9.59 Å². The maximum Gasteiger partial charge on any atom is 0.328 e. The molecule has 1 saturated heterocycles. The van der Waals surface area contributed by atoms with Crippen LogP contribution < -0.4 is 15.8 Å². The van der Waals surface area contributed by atoms with E-state index >= 15 is 0 Å². The highest BCUT2D eigenvalue weighted by molar-refractivity contribution is 5.97. The van der Waals surface area contributed by atoms with Gasteiger partial charge in [-0.1, -0.05) is 25.1 Å². The standard InChI is InChI=1S/C20H25N5O.C4H4O4/c1-2-16(19-20(21)26-18-9-4-3-8-15(18)24-19)25-12-11-22-13-17(25)14-7-5-6-10-23-14;5-3(6)1-2-4(7)8/h3-10,16-17,20,22H,2,11-13,21H2,1H3;1-2H,(H,5,6)(H,7,8). The number of aliphatic imine (C=N–C) groups is 1. The fraction of sp³-hybridized carbons (Fsp3) is 0.333. The molecule has 0 spiro atoms. The molecular weight excluding hydrogens is 438 g/mol. The van der Waals surface area contributed by atoms with E-state index in [4.69, 9.17) is 25.7 Å². The van der Waals surface area contributed by atoms with Crippen molar-refractivity contribution in [3.8, 4) is 5.75 Å². The second-order valence-corrected chi connectivity index (χ2v) is 7.69. The number of fused-ring (bicyclic) bond motifs is 1. The van der Waals surface area contributed by atoms with Crippen LogP contribution in [0.1, 0.15) is 25.1 Å². The molecule has 1 aromatic carbocycles.